The minimum absolute atomic E-state index is 0.825. The quantitative estimate of drug-likeness (QED) is 0.617. The predicted molar refractivity (Wildman–Crippen MR) is 64.2 cm³/mol. The molecular formula is C12H26N2O. The Kier molecular flexibility index (Phi) is 6.98. The molecule has 90 valence electrons. The number of ether oxygens (including phenoxy) is 1. The monoisotopic (exact) mass is 214 g/mol. The summed E-state index contributed by atoms with van der Waals surface area (Å²) in [5, 5.41) is 3.41. The van der Waals surface area contributed by atoms with E-state index >= 15 is 0 Å². The summed E-state index contributed by atoms with van der Waals surface area (Å²) in [6.07, 6.45) is 2.74. The summed E-state index contributed by atoms with van der Waals surface area (Å²) in [6, 6.07) is 0. The Morgan fingerprint density at radius 3 is 2.87 bits per heavy atom. The molecule has 15 heavy (non-hydrogen) atoms. The molecule has 1 aliphatic rings. The highest BCUT2D eigenvalue weighted by atomic mass is 16.5. The van der Waals surface area contributed by atoms with E-state index < -0.39 is 0 Å². The van der Waals surface area contributed by atoms with Crippen molar-refractivity contribution < 1.29 is 4.74 Å². The Morgan fingerprint density at radius 1 is 1.33 bits per heavy atom. The third-order valence-corrected chi connectivity index (χ3v) is 3.18. The number of nitrogens with zero attached hydrogens (tertiary/aromatic N) is 1. The first-order chi connectivity index (χ1) is 7.36. The molecule has 1 rings (SSSR count). The smallest absolute Gasteiger partial charge is 0.0590 e. The minimum Gasteiger partial charge on any atom is -0.380 e. The lowest BCUT2D eigenvalue weighted by molar-refractivity contribution is 0.148. The predicted octanol–water partition coefficient (Wildman–Crippen LogP) is 1.34. The Morgan fingerprint density at radius 2 is 2.20 bits per heavy atom. The molecular weight excluding hydrogens is 188 g/mol. The molecule has 0 spiro atoms. The fourth-order valence-electron chi connectivity index (χ4n) is 2.10. The van der Waals surface area contributed by atoms with Crippen molar-refractivity contribution in [3.8, 4) is 0 Å². The van der Waals surface area contributed by atoms with Crippen molar-refractivity contribution in [2.75, 3.05) is 45.9 Å². The molecule has 1 aliphatic heterocycles. The van der Waals surface area contributed by atoms with Crippen molar-refractivity contribution >= 4 is 0 Å². The van der Waals surface area contributed by atoms with Crippen LogP contribution in [-0.4, -0.2) is 50.8 Å². The molecule has 0 bridgehead atoms. The van der Waals surface area contributed by atoms with E-state index in [2.05, 4.69) is 17.1 Å². The second-order valence-corrected chi connectivity index (χ2v) is 4.31. The van der Waals surface area contributed by atoms with Gasteiger partial charge < -0.3 is 15.0 Å². The summed E-state index contributed by atoms with van der Waals surface area (Å²) in [5.74, 6) is 0.952. The van der Waals surface area contributed by atoms with Gasteiger partial charge in [0.2, 0.25) is 0 Å². The van der Waals surface area contributed by atoms with E-state index in [1.54, 1.807) is 0 Å². The fourth-order valence-corrected chi connectivity index (χ4v) is 2.10. The van der Waals surface area contributed by atoms with Crippen molar-refractivity contribution in [2.45, 2.75) is 26.7 Å². The van der Waals surface area contributed by atoms with Gasteiger partial charge in [-0.2, -0.15) is 0 Å². The topological polar surface area (TPSA) is 24.5 Å². The first kappa shape index (κ1) is 12.9. The van der Waals surface area contributed by atoms with Gasteiger partial charge in [0.15, 0.2) is 0 Å². The Hall–Kier alpha value is -0.120. The Balaban J connectivity index is 1.88. The first-order valence-electron chi connectivity index (χ1n) is 6.37. The van der Waals surface area contributed by atoms with E-state index in [9.17, 15) is 0 Å². The van der Waals surface area contributed by atoms with Crippen LogP contribution in [0.1, 0.15) is 26.7 Å². The zero-order valence-electron chi connectivity index (χ0n) is 10.3. The van der Waals surface area contributed by atoms with Gasteiger partial charge >= 0.3 is 0 Å². The molecule has 3 nitrogen and oxygen atoms in total. The van der Waals surface area contributed by atoms with E-state index in [0.29, 0.717) is 0 Å². The molecule has 0 aromatic carbocycles. The lowest BCUT2D eigenvalue weighted by Crippen LogP contribution is -2.32. The molecule has 0 radical (unpaired) electrons. The average Bonchev–Trinajstić information content (AvgIpc) is 2.71. The molecule has 1 heterocycles. The standard InChI is InChI=1S/C12H26N2O/c1-3-12-5-8-14(11-12)9-6-13-7-10-15-4-2/h12-13H,3-11H2,1-2H3. The van der Waals surface area contributed by atoms with Crippen LogP contribution < -0.4 is 5.32 Å². The molecule has 0 aromatic heterocycles. The van der Waals surface area contributed by atoms with E-state index in [1.807, 2.05) is 6.92 Å². The van der Waals surface area contributed by atoms with Gasteiger partial charge in [-0.25, -0.2) is 0 Å². The van der Waals surface area contributed by atoms with Crippen LogP contribution >= 0.6 is 0 Å². The molecule has 0 aliphatic carbocycles. The van der Waals surface area contributed by atoms with Crippen LogP contribution in [0.15, 0.2) is 0 Å². The number of hydrogen-bond donors (Lipinski definition) is 1. The maximum atomic E-state index is 5.26. The molecule has 1 saturated heterocycles. The Bertz CT molecular complexity index is 153. The highest BCUT2D eigenvalue weighted by molar-refractivity contribution is 4.74. The second kappa shape index (κ2) is 8.08. The Labute approximate surface area is 94.2 Å². The highest BCUT2D eigenvalue weighted by Crippen LogP contribution is 2.17. The summed E-state index contributed by atoms with van der Waals surface area (Å²) < 4.78 is 5.26. The van der Waals surface area contributed by atoms with E-state index in [-0.39, 0.29) is 0 Å². The zero-order valence-corrected chi connectivity index (χ0v) is 10.3. The average molecular weight is 214 g/mol. The van der Waals surface area contributed by atoms with E-state index in [1.165, 1.54) is 32.5 Å². The van der Waals surface area contributed by atoms with Gasteiger partial charge in [0.05, 0.1) is 6.61 Å². The SMILES string of the molecule is CCOCCNCCN1CCC(CC)C1. The minimum atomic E-state index is 0.825. The van der Waals surface area contributed by atoms with Crippen molar-refractivity contribution in [1.29, 1.82) is 0 Å². The van der Waals surface area contributed by atoms with Crippen LogP contribution in [0.2, 0.25) is 0 Å². The molecule has 0 aromatic rings. The van der Waals surface area contributed by atoms with Gasteiger partial charge in [0.1, 0.15) is 0 Å². The summed E-state index contributed by atoms with van der Waals surface area (Å²) in [6.45, 7) is 11.9. The normalized spacial score (nSPS) is 22.4. The lowest BCUT2D eigenvalue weighted by Gasteiger charge is -2.15. The van der Waals surface area contributed by atoms with Gasteiger partial charge in [-0.15, -0.1) is 0 Å². The van der Waals surface area contributed by atoms with Gasteiger partial charge in [-0.3, -0.25) is 0 Å². The van der Waals surface area contributed by atoms with Crippen LogP contribution in [-0.2, 0) is 4.74 Å². The van der Waals surface area contributed by atoms with Gasteiger partial charge in [-0.05, 0) is 25.8 Å². The van der Waals surface area contributed by atoms with Crippen molar-refractivity contribution in [1.82, 2.24) is 10.2 Å². The number of nitrogens with one attached hydrogen (secondary N) is 1. The summed E-state index contributed by atoms with van der Waals surface area (Å²) in [4.78, 5) is 2.57. The zero-order chi connectivity index (χ0) is 10.9. The fraction of sp³-hybridized carbons (Fsp3) is 1.00. The van der Waals surface area contributed by atoms with Crippen molar-refractivity contribution in [3.63, 3.8) is 0 Å². The second-order valence-electron chi connectivity index (χ2n) is 4.31. The largest absolute Gasteiger partial charge is 0.380 e. The van der Waals surface area contributed by atoms with E-state index in [0.717, 1.165) is 32.2 Å². The molecule has 1 N–H and O–H groups in total. The third-order valence-electron chi connectivity index (χ3n) is 3.18. The first-order valence-corrected chi connectivity index (χ1v) is 6.37. The van der Waals surface area contributed by atoms with Crippen LogP contribution in [0.25, 0.3) is 0 Å². The molecule has 1 unspecified atom stereocenters. The number of likely N-dealkylation sites (tertiary alicyclic amines) is 1. The highest BCUT2D eigenvalue weighted by Gasteiger charge is 2.19. The van der Waals surface area contributed by atoms with Crippen molar-refractivity contribution in [2.24, 2.45) is 5.92 Å². The summed E-state index contributed by atoms with van der Waals surface area (Å²) >= 11 is 0. The number of hydrogen-bond acceptors (Lipinski definition) is 3. The van der Waals surface area contributed by atoms with Crippen LogP contribution in [0.4, 0.5) is 0 Å². The molecule has 1 atom stereocenters. The maximum absolute atomic E-state index is 5.26. The summed E-state index contributed by atoms with van der Waals surface area (Å²) in [5.41, 5.74) is 0. The van der Waals surface area contributed by atoms with Crippen LogP contribution in [0, 0.1) is 5.92 Å². The third kappa shape index (κ3) is 5.50. The van der Waals surface area contributed by atoms with Crippen LogP contribution in [0.3, 0.4) is 0 Å². The molecule has 3 heteroatoms. The molecule has 1 fully saturated rings. The van der Waals surface area contributed by atoms with Crippen molar-refractivity contribution in [3.05, 3.63) is 0 Å². The van der Waals surface area contributed by atoms with E-state index in [4.69, 9.17) is 4.74 Å². The van der Waals surface area contributed by atoms with Gasteiger partial charge in [0.25, 0.3) is 0 Å². The number of rotatable bonds is 8. The lowest BCUT2D eigenvalue weighted by atomic mass is 10.1. The molecule has 0 saturated carbocycles. The van der Waals surface area contributed by atoms with Gasteiger partial charge in [-0.1, -0.05) is 13.3 Å². The maximum Gasteiger partial charge on any atom is 0.0590 e. The molecule has 0 amide bonds. The summed E-state index contributed by atoms with van der Waals surface area (Å²) in [7, 11) is 0. The van der Waals surface area contributed by atoms with Crippen LogP contribution in [0.5, 0.6) is 0 Å². The van der Waals surface area contributed by atoms with Gasteiger partial charge in [0, 0.05) is 32.8 Å².